The van der Waals surface area contributed by atoms with Crippen molar-refractivity contribution in [3.8, 4) is 0 Å². The monoisotopic (exact) mass is 428 g/mol. The number of rotatable bonds is 3. The summed E-state index contributed by atoms with van der Waals surface area (Å²) < 4.78 is 0. The largest absolute Gasteiger partial charge is 0.390 e. The van der Waals surface area contributed by atoms with E-state index in [1.165, 1.54) is 19.3 Å². The highest BCUT2D eigenvalue weighted by Gasteiger charge is 2.45. The molecule has 0 radical (unpaired) electrons. The van der Waals surface area contributed by atoms with Gasteiger partial charge in [0.15, 0.2) is 0 Å². The summed E-state index contributed by atoms with van der Waals surface area (Å²) in [6.45, 7) is 7.93. The lowest BCUT2D eigenvalue weighted by molar-refractivity contribution is -0.102. The molecular formula is C25H40N4O2. The first-order valence-corrected chi connectivity index (χ1v) is 12.7. The second-order valence-electron chi connectivity index (χ2n) is 10.9. The SMILES string of the molecule is Cc1cc(N2CC[C@]3(O)CCCC[C@@H]3C2)nc([C@H](C)N2CC[C@@]3(O)CCCC[C@H]3C2)n1. The van der Waals surface area contributed by atoms with Crippen molar-refractivity contribution in [2.75, 3.05) is 31.1 Å². The molecule has 6 heteroatoms. The molecule has 1 aromatic rings. The zero-order valence-corrected chi connectivity index (χ0v) is 19.4. The van der Waals surface area contributed by atoms with Gasteiger partial charge in [-0.05, 0) is 52.4 Å². The molecule has 0 unspecified atom stereocenters. The number of anilines is 1. The molecule has 4 aliphatic rings. The van der Waals surface area contributed by atoms with Gasteiger partial charge in [-0.2, -0.15) is 0 Å². The van der Waals surface area contributed by atoms with Crippen LogP contribution >= 0.6 is 0 Å². The van der Waals surface area contributed by atoms with Crippen LogP contribution in [-0.4, -0.2) is 62.5 Å². The lowest BCUT2D eigenvalue weighted by atomic mass is 9.71. The highest BCUT2D eigenvalue weighted by atomic mass is 16.3. The van der Waals surface area contributed by atoms with E-state index in [0.717, 1.165) is 88.5 Å². The van der Waals surface area contributed by atoms with Crippen LogP contribution in [0.15, 0.2) is 6.07 Å². The van der Waals surface area contributed by atoms with Gasteiger partial charge in [-0.3, -0.25) is 4.90 Å². The Morgan fingerprint density at radius 2 is 1.55 bits per heavy atom. The first-order valence-electron chi connectivity index (χ1n) is 12.7. The number of aromatic nitrogens is 2. The minimum atomic E-state index is -0.461. The number of aryl methyl sites for hydroxylation is 1. The molecule has 2 aliphatic heterocycles. The van der Waals surface area contributed by atoms with Crippen molar-refractivity contribution in [1.29, 1.82) is 0 Å². The molecule has 0 bridgehead atoms. The molecule has 31 heavy (non-hydrogen) atoms. The molecule has 2 aliphatic carbocycles. The second kappa shape index (κ2) is 8.27. The second-order valence-corrected chi connectivity index (χ2v) is 10.9. The molecule has 5 rings (SSSR count). The number of nitrogens with zero attached hydrogens (tertiary/aromatic N) is 4. The van der Waals surface area contributed by atoms with Gasteiger partial charge >= 0.3 is 0 Å². The molecule has 0 amide bonds. The molecule has 1 aromatic heterocycles. The number of fused-ring (bicyclic) bond motifs is 2. The van der Waals surface area contributed by atoms with E-state index in [1.54, 1.807) is 0 Å². The zero-order valence-electron chi connectivity index (χ0n) is 19.4. The highest BCUT2D eigenvalue weighted by Crippen LogP contribution is 2.42. The smallest absolute Gasteiger partial charge is 0.147 e. The number of piperidine rings is 2. The van der Waals surface area contributed by atoms with E-state index in [1.807, 2.05) is 0 Å². The fourth-order valence-corrected chi connectivity index (χ4v) is 6.81. The fourth-order valence-electron chi connectivity index (χ4n) is 6.81. The van der Waals surface area contributed by atoms with Gasteiger partial charge < -0.3 is 15.1 Å². The quantitative estimate of drug-likeness (QED) is 0.766. The van der Waals surface area contributed by atoms with Crippen LogP contribution in [-0.2, 0) is 0 Å². The van der Waals surface area contributed by atoms with Crippen molar-refractivity contribution >= 4 is 5.82 Å². The lowest BCUT2D eigenvalue weighted by Crippen LogP contribution is -2.54. The average Bonchev–Trinajstić information content (AvgIpc) is 2.77. The Labute approximate surface area is 187 Å². The van der Waals surface area contributed by atoms with Crippen LogP contribution < -0.4 is 4.90 Å². The molecule has 0 aromatic carbocycles. The first-order chi connectivity index (χ1) is 14.9. The van der Waals surface area contributed by atoms with Crippen LogP contribution in [0.25, 0.3) is 0 Å². The van der Waals surface area contributed by atoms with E-state index < -0.39 is 11.2 Å². The summed E-state index contributed by atoms with van der Waals surface area (Å²) in [5, 5.41) is 22.1. The van der Waals surface area contributed by atoms with Gasteiger partial charge in [-0.25, -0.2) is 9.97 Å². The van der Waals surface area contributed by atoms with Crippen molar-refractivity contribution in [3.63, 3.8) is 0 Å². The van der Waals surface area contributed by atoms with Gasteiger partial charge in [-0.15, -0.1) is 0 Å². The van der Waals surface area contributed by atoms with E-state index in [4.69, 9.17) is 9.97 Å². The van der Waals surface area contributed by atoms with Crippen LogP contribution in [0.4, 0.5) is 5.82 Å². The van der Waals surface area contributed by atoms with Crippen molar-refractivity contribution < 1.29 is 10.2 Å². The lowest BCUT2D eigenvalue weighted by Gasteiger charge is -2.49. The molecule has 6 nitrogen and oxygen atoms in total. The Bertz CT molecular complexity index is 804. The van der Waals surface area contributed by atoms with Gasteiger partial charge in [0, 0.05) is 49.8 Å². The van der Waals surface area contributed by atoms with Crippen molar-refractivity contribution in [3.05, 3.63) is 17.6 Å². The number of likely N-dealkylation sites (tertiary alicyclic amines) is 1. The summed E-state index contributed by atoms with van der Waals surface area (Å²) in [5.74, 6) is 2.67. The predicted octanol–water partition coefficient (Wildman–Crippen LogP) is 3.60. The van der Waals surface area contributed by atoms with Crippen molar-refractivity contribution in [1.82, 2.24) is 14.9 Å². The van der Waals surface area contributed by atoms with Gasteiger partial charge in [0.1, 0.15) is 11.6 Å². The van der Waals surface area contributed by atoms with Crippen molar-refractivity contribution in [2.45, 2.75) is 95.3 Å². The van der Waals surface area contributed by atoms with Crippen LogP contribution in [0.5, 0.6) is 0 Å². The maximum absolute atomic E-state index is 11.1. The van der Waals surface area contributed by atoms with E-state index in [-0.39, 0.29) is 6.04 Å². The average molecular weight is 429 g/mol. The molecule has 2 N–H and O–H groups in total. The molecule has 2 saturated carbocycles. The molecule has 4 fully saturated rings. The van der Waals surface area contributed by atoms with Gasteiger partial charge in [0.05, 0.1) is 17.2 Å². The predicted molar refractivity (Wildman–Crippen MR) is 122 cm³/mol. The minimum absolute atomic E-state index is 0.154. The third-order valence-corrected chi connectivity index (χ3v) is 8.99. The van der Waals surface area contributed by atoms with E-state index in [9.17, 15) is 10.2 Å². The molecule has 172 valence electrons. The highest BCUT2D eigenvalue weighted by molar-refractivity contribution is 5.41. The fraction of sp³-hybridized carbons (Fsp3) is 0.840. The number of hydrogen-bond donors (Lipinski definition) is 2. The Kier molecular flexibility index (Phi) is 5.76. The van der Waals surface area contributed by atoms with Crippen LogP contribution in [0.3, 0.4) is 0 Å². The number of hydrogen-bond acceptors (Lipinski definition) is 6. The van der Waals surface area contributed by atoms with E-state index >= 15 is 0 Å². The Balaban J connectivity index is 1.32. The first kappa shape index (κ1) is 21.6. The maximum Gasteiger partial charge on any atom is 0.147 e. The summed E-state index contributed by atoms with van der Waals surface area (Å²) in [7, 11) is 0. The third-order valence-electron chi connectivity index (χ3n) is 8.99. The van der Waals surface area contributed by atoms with Gasteiger partial charge in [0.25, 0.3) is 0 Å². The van der Waals surface area contributed by atoms with Crippen LogP contribution in [0, 0.1) is 18.8 Å². The molecule has 5 atom stereocenters. The zero-order chi connectivity index (χ0) is 21.6. The molecule has 0 spiro atoms. The molecule has 3 heterocycles. The van der Waals surface area contributed by atoms with Crippen LogP contribution in [0.1, 0.15) is 88.7 Å². The Morgan fingerprint density at radius 3 is 2.26 bits per heavy atom. The summed E-state index contributed by atoms with van der Waals surface area (Å²) in [5.41, 5.74) is 0.109. The minimum Gasteiger partial charge on any atom is -0.390 e. The summed E-state index contributed by atoms with van der Waals surface area (Å²) in [6, 6.07) is 2.26. The topological polar surface area (TPSA) is 72.7 Å². The van der Waals surface area contributed by atoms with Gasteiger partial charge in [-0.1, -0.05) is 25.7 Å². The molecular weight excluding hydrogens is 388 g/mol. The molecule has 2 saturated heterocycles. The van der Waals surface area contributed by atoms with E-state index in [2.05, 4.69) is 29.7 Å². The maximum atomic E-state index is 11.1. The number of aliphatic hydroxyl groups is 2. The van der Waals surface area contributed by atoms with Crippen molar-refractivity contribution in [2.24, 2.45) is 11.8 Å². The summed E-state index contributed by atoms with van der Waals surface area (Å²) in [6.07, 6.45) is 10.7. The summed E-state index contributed by atoms with van der Waals surface area (Å²) >= 11 is 0. The Morgan fingerprint density at radius 1 is 0.903 bits per heavy atom. The van der Waals surface area contributed by atoms with E-state index in [0.29, 0.717) is 11.8 Å². The Hall–Kier alpha value is -1.24. The van der Waals surface area contributed by atoms with Gasteiger partial charge in [0.2, 0.25) is 0 Å². The standard InChI is InChI=1S/C25H40N4O2/c1-18-15-22(29-14-12-25(31)10-6-4-8-21(25)17-29)27-23(26-18)19(2)28-13-11-24(30)9-5-3-7-20(24)16-28/h15,19-21,30-31H,3-14,16-17H2,1-2H3/t19-,20-,21+,24-,25+/m0/s1. The third kappa shape index (κ3) is 4.11. The summed E-state index contributed by atoms with van der Waals surface area (Å²) in [4.78, 5) is 14.7. The normalized spacial score (nSPS) is 37.7. The van der Waals surface area contributed by atoms with Crippen LogP contribution in [0.2, 0.25) is 0 Å².